The zero-order valence-electron chi connectivity index (χ0n) is 9.78. The summed E-state index contributed by atoms with van der Waals surface area (Å²) in [5.41, 5.74) is 0.538. The van der Waals surface area contributed by atoms with Gasteiger partial charge in [-0.3, -0.25) is 4.79 Å². The normalized spacial score (nSPS) is 13.6. The first-order valence-electron chi connectivity index (χ1n) is 5.09. The minimum absolute atomic E-state index is 0.108. The van der Waals surface area contributed by atoms with Crippen LogP contribution in [-0.4, -0.2) is 12.9 Å². The Morgan fingerprint density at radius 1 is 1.20 bits per heavy atom. The molecule has 0 aliphatic rings. The van der Waals surface area contributed by atoms with Crippen molar-refractivity contribution in [3.63, 3.8) is 0 Å². The van der Waals surface area contributed by atoms with Gasteiger partial charge in [0.05, 0.1) is 0 Å². The first kappa shape index (κ1) is 11.9. The molecule has 0 bridgehead atoms. The summed E-state index contributed by atoms with van der Waals surface area (Å²) in [6.45, 7) is 5.72. The van der Waals surface area contributed by atoms with E-state index in [1.807, 2.05) is 51.1 Å². The second-order valence-corrected chi connectivity index (χ2v) is 4.64. The molecule has 0 radical (unpaired) electrons. The Bertz CT molecular complexity index is 322. The molecule has 0 amide bonds. The molecule has 0 aliphatic carbocycles. The molecule has 1 aromatic rings. The summed E-state index contributed by atoms with van der Waals surface area (Å²) in [5.74, 6) is 0.108. The summed E-state index contributed by atoms with van der Waals surface area (Å²) in [6, 6.07) is 9.59. The number of ketones is 1. The number of rotatable bonds is 3. The van der Waals surface area contributed by atoms with Gasteiger partial charge in [0.25, 0.3) is 0 Å². The third-order valence-electron chi connectivity index (χ3n) is 2.32. The first-order chi connectivity index (χ1) is 6.96. The molecule has 2 heteroatoms. The molecule has 2 nitrogen and oxygen atoms in total. The van der Waals surface area contributed by atoms with Gasteiger partial charge in [-0.05, 0) is 5.56 Å². The SMILES string of the molecule is COC(C(=O)C(C)(C)C)c1ccccc1. The van der Waals surface area contributed by atoms with Crippen LogP contribution in [0.5, 0.6) is 0 Å². The summed E-state index contributed by atoms with van der Waals surface area (Å²) in [6.07, 6.45) is -0.453. The molecule has 0 spiro atoms. The zero-order chi connectivity index (χ0) is 11.5. The Hall–Kier alpha value is -1.15. The third kappa shape index (κ3) is 2.90. The fraction of sp³-hybridized carbons (Fsp3) is 0.462. The predicted molar refractivity (Wildman–Crippen MR) is 60.7 cm³/mol. The van der Waals surface area contributed by atoms with E-state index in [0.29, 0.717) is 0 Å². The lowest BCUT2D eigenvalue weighted by molar-refractivity contribution is -0.137. The van der Waals surface area contributed by atoms with Crippen LogP contribution in [0.2, 0.25) is 0 Å². The van der Waals surface area contributed by atoms with E-state index in [9.17, 15) is 4.79 Å². The standard InChI is InChI=1S/C13H18O2/c1-13(2,3)12(14)11(15-4)10-8-6-5-7-9-10/h5-9,11H,1-4H3. The highest BCUT2D eigenvalue weighted by Crippen LogP contribution is 2.27. The lowest BCUT2D eigenvalue weighted by atomic mass is 9.85. The van der Waals surface area contributed by atoms with Crippen molar-refractivity contribution in [2.24, 2.45) is 5.41 Å². The fourth-order valence-corrected chi connectivity index (χ4v) is 1.42. The zero-order valence-corrected chi connectivity index (χ0v) is 9.78. The van der Waals surface area contributed by atoms with Crippen LogP contribution >= 0.6 is 0 Å². The molecule has 0 heterocycles. The summed E-state index contributed by atoms with van der Waals surface area (Å²) in [4.78, 5) is 12.1. The Labute approximate surface area is 91.3 Å². The van der Waals surface area contributed by atoms with Crippen molar-refractivity contribution < 1.29 is 9.53 Å². The van der Waals surface area contributed by atoms with Gasteiger partial charge < -0.3 is 4.74 Å². The van der Waals surface area contributed by atoms with Gasteiger partial charge in [0.1, 0.15) is 6.10 Å². The summed E-state index contributed by atoms with van der Waals surface area (Å²) in [7, 11) is 1.57. The van der Waals surface area contributed by atoms with Gasteiger partial charge in [0.15, 0.2) is 5.78 Å². The quantitative estimate of drug-likeness (QED) is 0.760. The number of methoxy groups -OCH3 is 1. The highest BCUT2D eigenvalue weighted by molar-refractivity contribution is 5.88. The van der Waals surface area contributed by atoms with Crippen LogP contribution in [-0.2, 0) is 9.53 Å². The molecule has 1 rings (SSSR count). The fourth-order valence-electron chi connectivity index (χ4n) is 1.42. The average molecular weight is 206 g/mol. The van der Waals surface area contributed by atoms with Crippen molar-refractivity contribution in [1.82, 2.24) is 0 Å². The van der Waals surface area contributed by atoms with Gasteiger partial charge in [0, 0.05) is 12.5 Å². The van der Waals surface area contributed by atoms with Gasteiger partial charge in [-0.2, -0.15) is 0 Å². The van der Waals surface area contributed by atoms with Crippen LogP contribution in [0.25, 0.3) is 0 Å². The van der Waals surface area contributed by atoms with Crippen molar-refractivity contribution in [2.45, 2.75) is 26.9 Å². The Morgan fingerprint density at radius 3 is 2.13 bits per heavy atom. The maximum Gasteiger partial charge on any atom is 0.171 e. The van der Waals surface area contributed by atoms with Gasteiger partial charge in [-0.25, -0.2) is 0 Å². The molecule has 1 atom stereocenters. The lowest BCUT2D eigenvalue weighted by Crippen LogP contribution is -2.28. The molecule has 0 saturated heterocycles. The average Bonchev–Trinajstić information content (AvgIpc) is 2.19. The second-order valence-electron chi connectivity index (χ2n) is 4.64. The first-order valence-corrected chi connectivity index (χ1v) is 5.09. The number of Topliss-reactive ketones (excluding diaryl/α,β-unsaturated/α-hetero) is 1. The minimum atomic E-state index is -0.453. The van der Waals surface area contributed by atoms with Crippen LogP contribution in [0.3, 0.4) is 0 Å². The van der Waals surface area contributed by atoms with E-state index in [-0.39, 0.29) is 11.2 Å². The number of carbonyl (C=O) groups is 1. The van der Waals surface area contributed by atoms with Crippen LogP contribution in [0.4, 0.5) is 0 Å². The van der Waals surface area contributed by atoms with E-state index in [1.165, 1.54) is 0 Å². The molecule has 15 heavy (non-hydrogen) atoms. The maximum atomic E-state index is 12.1. The van der Waals surface area contributed by atoms with Gasteiger partial charge in [0.2, 0.25) is 0 Å². The highest BCUT2D eigenvalue weighted by atomic mass is 16.5. The summed E-state index contributed by atoms with van der Waals surface area (Å²) < 4.78 is 5.28. The van der Waals surface area contributed by atoms with Crippen molar-refractivity contribution in [1.29, 1.82) is 0 Å². The van der Waals surface area contributed by atoms with E-state index in [0.717, 1.165) is 5.56 Å². The van der Waals surface area contributed by atoms with Crippen molar-refractivity contribution in [3.8, 4) is 0 Å². The molecule has 0 aromatic heterocycles. The maximum absolute atomic E-state index is 12.1. The lowest BCUT2D eigenvalue weighted by Gasteiger charge is -2.23. The van der Waals surface area contributed by atoms with Crippen LogP contribution in [0, 0.1) is 5.41 Å². The van der Waals surface area contributed by atoms with E-state index < -0.39 is 6.10 Å². The van der Waals surface area contributed by atoms with E-state index in [2.05, 4.69) is 0 Å². The Kier molecular flexibility index (Phi) is 3.64. The highest BCUT2D eigenvalue weighted by Gasteiger charge is 2.30. The van der Waals surface area contributed by atoms with E-state index in [4.69, 9.17) is 4.74 Å². The Morgan fingerprint density at radius 2 is 1.73 bits per heavy atom. The van der Waals surface area contributed by atoms with Gasteiger partial charge in [-0.15, -0.1) is 0 Å². The molecule has 0 saturated carbocycles. The van der Waals surface area contributed by atoms with E-state index >= 15 is 0 Å². The summed E-state index contributed by atoms with van der Waals surface area (Å²) >= 11 is 0. The van der Waals surface area contributed by atoms with Crippen LogP contribution < -0.4 is 0 Å². The molecular formula is C13H18O2. The van der Waals surface area contributed by atoms with Crippen LogP contribution in [0.1, 0.15) is 32.4 Å². The van der Waals surface area contributed by atoms with Crippen molar-refractivity contribution in [3.05, 3.63) is 35.9 Å². The number of carbonyl (C=O) groups excluding carboxylic acids is 1. The Balaban J connectivity index is 2.96. The monoisotopic (exact) mass is 206 g/mol. The van der Waals surface area contributed by atoms with Gasteiger partial charge in [-0.1, -0.05) is 51.1 Å². The molecule has 0 N–H and O–H groups in total. The van der Waals surface area contributed by atoms with Gasteiger partial charge >= 0.3 is 0 Å². The number of hydrogen-bond acceptors (Lipinski definition) is 2. The third-order valence-corrected chi connectivity index (χ3v) is 2.32. The number of benzene rings is 1. The molecule has 1 unspecified atom stereocenters. The van der Waals surface area contributed by atoms with Crippen LogP contribution in [0.15, 0.2) is 30.3 Å². The predicted octanol–water partition coefficient (Wildman–Crippen LogP) is 2.99. The second kappa shape index (κ2) is 4.58. The van der Waals surface area contributed by atoms with E-state index in [1.54, 1.807) is 7.11 Å². The smallest absolute Gasteiger partial charge is 0.171 e. The van der Waals surface area contributed by atoms with Crippen molar-refractivity contribution >= 4 is 5.78 Å². The summed E-state index contributed by atoms with van der Waals surface area (Å²) in [5, 5.41) is 0. The molecule has 82 valence electrons. The topological polar surface area (TPSA) is 26.3 Å². The number of hydrogen-bond donors (Lipinski definition) is 0. The molecule has 1 aromatic carbocycles. The largest absolute Gasteiger partial charge is 0.369 e. The molecule has 0 fully saturated rings. The number of ether oxygens (including phenoxy) is 1. The minimum Gasteiger partial charge on any atom is -0.369 e. The van der Waals surface area contributed by atoms with Crippen molar-refractivity contribution in [2.75, 3.05) is 7.11 Å². The molecular weight excluding hydrogens is 188 g/mol. The molecule has 0 aliphatic heterocycles.